The first-order valence-corrected chi connectivity index (χ1v) is 7.70. The van der Waals surface area contributed by atoms with Crippen molar-refractivity contribution in [3.8, 4) is 5.75 Å². The van der Waals surface area contributed by atoms with Crippen LogP contribution in [0, 0.1) is 0 Å². The lowest BCUT2D eigenvalue weighted by molar-refractivity contribution is 0.474. The standard InChI is InChI=1S/C19H21N3O/c20-17(13-7-9-22-10-8-13)5-6-18(21)16-11-14-3-1-2-4-15(14)12-19(16)23/h1-7,11-12,22-23H,8-10,20-21H2/b17-5-,18-6-. The van der Waals surface area contributed by atoms with Crippen LogP contribution in [-0.2, 0) is 0 Å². The third kappa shape index (κ3) is 3.38. The Morgan fingerprint density at radius 3 is 2.43 bits per heavy atom. The minimum atomic E-state index is 0.172. The monoisotopic (exact) mass is 307 g/mol. The molecule has 0 radical (unpaired) electrons. The Bertz CT molecular complexity index is 818. The zero-order chi connectivity index (χ0) is 16.2. The molecule has 1 heterocycles. The summed E-state index contributed by atoms with van der Waals surface area (Å²) in [6, 6.07) is 11.5. The third-order valence-corrected chi connectivity index (χ3v) is 4.05. The number of nitrogens with one attached hydrogen (secondary N) is 1. The van der Waals surface area contributed by atoms with Gasteiger partial charge in [0.2, 0.25) is 0 Å². The minimum absolute atomic E-state index is 0.172. The van der Waals surface area contributed by atoms with E-state index in [4.69, 9.17) is 11.5 Å². The zero-order valence-corrected chi connectivity index (χ0v) is 12.9. The third-order valence-electron chi connectivity index (χ3n) is 4.05. The molecule has 3 rings (SSSR count). The van der Waals surface area contributed by atoms with E-state index in [9.17, 15) is 5.11 Å². The molecule has 118 valence electrons. The lowest BCUT2D eigenvalue weighted by Crippen LogP contribution is -2.22. The lowest BCUT2D eigenvalue weighted by Gasteiger charge is -2.13. The number of aromatic hydroxyl groups is 1. The Balaban J connectivity index is 1.91. The van der Waals surface area contributed by atoms with Gasteiger partial charge in [-0.1, -0.05) is 30.3 Å². The van der Waals surface area contributed by atoms with Gasteiger partial charge in [-0.3, -0.25) is 0 Å². The van der Waals surface area contributed by atoms with Crippen LogP contribution in [0.3, 0.4) is 0 Å². The maximum atomic E-state index is 10.2. The van der Waals surface area contributed by atoms with Crippen LogP contribution in [0.5, 0.6) is 5.75 Å². The van der Waals surface area contributed by atoms with Crippen LogP contribution in [0.4, 0.5) is 0 Å². The average Bonchev–Trinajstić information content (AvgIpc) is 2.59. The highest BCUT2D eigenvalue weighted by molar-refractivity contribution is 5.88. The Kier molecular flexibility index (Phi) is 4.35. The molecule has 0 bridgehead atoms. The van der Waals surface area contributed by atoms with E-state index in [1.165, 1.54) is 0 Å². The van der Waals surface area contributed by atoms with E-state index >= 15 is 0 Å². The molecule has 1 aliphatic rings. The molecule has 6 N–H and O–H groups in total. The summed E-state index contributed by atoms with van der Waals surface area (Å²) in [4.78, 5) is 0. The molecule has 4 nitrogen and oxygen atoms in total. The van der Waals surface area contributed by atoms with Crippen LogP contribution in [0.1, 0.15) is 12.0 Å². The Morgan fingerprint density at radius 2 is 1.74 bits per heavy atom. The molecule has 0 amide bonds. The first-order valence-electron chi connectivity index (χ1n) is 7.70. The summed E-state index contributed by atoms with van der Waals surface area (Å²) in [5, 5.41) is 15.5. The largest absolute Gasteiger partial charge is 0.507 e. The van der Waals surface area contributed by atoms with Crippen molar-refractivity contribution in [2.24, 2.45) is 11.5 Å². The summed E-state index contributed by atoms with van der Waals surface area (Å²) in [6.45, 7) is 1.78. The molecule has 23 heavy (non-hydrogen) atoms. The van der Waals surface area contributed by atoms with Gasteiger partial charge in [0.1, 0.15) is 5.75 Å². The fourth-order valence-electron chi connectivity index (χ4n) is 2.72. The summed E-state index contributed by atoms with van der Waals surface area (Å²) in [7, 11) is 0. The smallest absolute Gasteiger partial charge is 0.125 e. The van der Waals surface area contributed by atoms with E-state index in [1.807, 2.05) is 30.3 Å². The summed E-state index contributed by atoms with van der Waals surface area (Å²) in [5.41, 5.74) is 15.2. The molecule has 2 aromatic rings. The van der Waals surface area contributed by atoms with Crippen LogP contribution in [0.15, 0.2) is 65.9 Å². The van der Waals surface area contributed by atoms with Gasteiger partial charge in [0.15, 0.2) is 0 Å². The number of nitrogens with two attached hydrogens (primary N) is 2. The van der Waals surface area contributed by atoms with Crippen LogP contribution in [-0.4, -0.2) is 18.2 Å². The second-order valence-electron chi connectivity index (χ2n) is 5.64. The minimum Gasteiger partial charge on any atom is -0.507 e. The van der Waals surface area contributed by atoms with Gasteiger partial charge in [0, 0.05) is 23.5 Å². The molecule has 0 aliphatic carbocycles. The van der Waals surface area contributed by atoms with Crippen LogP contribution < -0.4 is 16.8 Å². The number of hydrogen-bond acceptors (Lipinski definition) is 4. The number of phenols is 1. The molecule has 0 atom stereocenters. The molecular weight excluding hydrogens is 286 g/mol. The summed E-state index contributed by atoms with van der Waals surface area (Å²) in [5.74, 6) is 0.172. The molecule has 2 aromatic carbocycles. The fourth-order valence-corrected chi connectivity index (χ4v) is 2.72. The van der Waals surface area contributed by atoms with E-state index in [2.05, 4.69) is 11.4 Å². The molecule has 1 aliphatic heterocycles. The Morgan fingerprint density at radius 1 is 1.04 bits per heavy atom. The van der Waals surface area contributed by atoms with Crippen LogP contribution in [0.2, 0.25) is 0 Å². The van der Waals surface area contributed by atoms with Crippen molar-refractivity contribution in [3.63, 3.8) is 0 Å². The van der Waals surface area contributed by atoms with Crippen molar-refractivity contribution >= 4 is 16.5 Å². The van der Waals surface area contributed by atoms with Crippen molar-refractivity contribution in [1.29, 1.82) is 0 Å². The topological polar surface area (TPSA) is 84.3 Å². The van der Waals surface area contributed by atoms with Gasteiger partial charge in [0.05, 0.1) is 0 Å². The SMILES string of the molecule is N/C(=C\C=C(/N)c1cc2ccccc2cc1O)C1=CCNCC1. The predicted octanol–water partition coefficient (Wildman–Crippen LogP) is 2.61. The zero-order valence-electron chi connectivity index (χ0n) is 12.9. The lowest BCUT2D eigenvalue weighted by atomic mass is 10.0. The number of phenolic OH excluding ortho intramolecular Hbond substituents is 1. The highest BCUT2D eigenvalue weighted by Crippen LogP contribution is 2.28. The molecule has 0 spiro atoms. The maximum absolute atomic E-state index is 10.2. The van der Waals surface area contributed by atoms with E-state index < -0.39 is 0 Å². The van der Waals surface area contributed by atoms with Gasteiger partial charge in [-0.15, -0.1) is 0 Å². The number of allylic oxidation sites excluding steroid dienone is 3. The summed E-state index contributed by atoms with van der Waals surface area (Å²) < 4.78 is 0. The molecule has 0 fully saturated rings. The Hall–Kier alpha value is -2.72. The average molecular weight is 307 g/mol. The van der Waals surface area contributed by atoms with Crippen LogP contribution in [0.25, 0.3) is 16.5 Å². The second kappa shape index (κ2) is 6.58. The molecular formula is C19H21N3O. The van der Waals surface area contributed by atoms with Crippen molar-refractivity contribution in [1.82, 2.24) is 5.32 Å². The maximum Gasteiger partial charge on any atom is 0.125 e. The first-order chi connectivity index (χ1) is 11.1. The van der Waals surface area contributed by atoms with E-state index in [-0.39, 0.29) is 5.75 Å². The highest BCUT2D eigenvalue weighted by atomic mass is 16.3. The highest BCUT2D eigenvalue weighted by Gasteiger charge is 2.07. The van der Waals surface area contributed by atoms with Crippen molar-refractivity contribution < 1.29 is 5.11 Å². The summed E-state index contributed by atoms with van der Waals surface area (Å²) >= 11 is 0. The van der Waals surface area contributed by atoms with Gasteiger partial charge in [0.25, 0.3) is 0 Å². The van der Waals surface area contributed by atoms with E-state index in [1.54, 1.807) is 18.2 Å². The normalized spacial score (nSPS) is 16.4. The van der Waals surface area contributed by atoms with Gasteiger partial charge in [-0.05, 0) is 53.6 Å². The summed E-state index contributed by atoms with van der Waals surface area (Å²) in [6.07, 6.45) is 6.56. The van der Waals surface area contributed by atoms with Gasteiger partial charge < -0.3 is 21.9 Å². The number of fused-ring (bicyclic) bond motifs is 1. The second-order valence-corrected chi connectivity index (χ2v) is 5.64. The predicted molar refractivity (Wildman–Crippen MR) is 95.6 cm³/mol. The van der Waals surface area contributed by atoms with Crippen molar-refractivity contribution in [2.45, 2.75) is 6.42 Å². The molecule has 0 unspecified atom stereocenters. The van der Waals surface area contributed by atoms with Gasteiger partial charge in [-0.2, -0.15) is 0 Å². The molecule has 4 heteroatoms. The number of hydrogen-bond donors (Lipinski definition) is 4. The Labute approximate surface area is 135 Å². The van der Waals surface area contributed by atoms with Crippen molar-refractivity contribution in [2.75, 3.05) is 13.1 Å². The van der Waals surface area contributed by atoms with Crippen LogP contribution >= 0.6 is 0 Å². The first kappa shape index (κ1) is 15.2. The quantitative estimate of drug-likeness (QED) is 0.657. The van der Waals surface area contributed by atoms with E-state index in [0.29, 0.717) is 11.3 Å². The number of rotatable bonds is 3. The van der Waals surface area contributed by atoms with E-state index in [0.717, 1.165) is 41.6 Å². The molecule has 0 aromatic heterocycles. The van der Waals surface area contributed by atoms with Gasteiger partial charge in [-0.25, -0.2) is 0 Å². The fraction of sp³-hybridized carbons (Fsp3) is 0.158. The van der Waals surface area contributed by atoms with Crippen molar-refractivity contribution in [3.05, 3.63) is 71.5 Å². The molecule has 0 saturated heterocycles. The molecule has 0 saturated carbocycles. The van der Waals surface area contributed by atoms with Gasteiger partial charge >= 0.3 is 0 Å². The number of benzene rings is 2.